The number of nitrogens with two attached hydrogens (primary N) is 1. The molecule has 0 aliphatic carbocycles. The Kier molecular flexibility index (Phi) is 4.85. The van der Waals surface area contributed by atoms with Gasteiger partial charge in [0.2, 0.25) is 0 Å². The van der Waals surface area contributed by atoms with Crippen LogP contribution in [0.1, 0.15) is 23.8 Å². The number of anilines is 1. The molecule has 0 spiro atoms. The van der Waals surface area contributed by atoms with E-state index in [2.05, 4.69) is 0 Å². The van der Waals surface area contributed by atoms with E-state index in [0.717, 1.165) is 6.42 Å². The molecule has 0 fully saturated rings. The van der Waals surface area contributed by atoms with Crippen LogP contribution in [-0.4, -0.2) is 30.4 Å². The van der Waals surface area contributed by atoms with E-state index < -0.39 is 0 Å². The maximum atomic E-state index is 11.6. The van der Waals surface area contributed by atoms with Gasteiger partial charge in [-0.1, -0.05) is 6.92 Å². The van der Waals surface area contributed by atoms with Crippen molar-refractivity contribution in [2.24, 2.45) is 7.05 Å². The highest BCUT2D eigenvalue weighted by Crippen LogP contribution is 2.09. The molecule has 0 aliphatic rings. The Bertz CT molecular complexity index is 347. The number of esters is 1. The lowest BCUT2D eigenvalue weighted by Crippen LogP contribution is -2.13. The Hall–Kier alpha value is -1.49. The third-order valence-electron chi connectivity index (χ3n) is 2.04. The van der Waals surface area contributed by atoms with E-state index in [0.29, 0.717) is 24.6 Å². The molecular formula is C11H18N2O3. The highest BCUT2D eigenvalue weighted by Gasteiger charge is 2.11. The first-order valence-corrected chi connectivity index (χ1v) is 5.32. The van der Waals surface area contributed by atoms with Gasteiger partial charge in [0.05, 0.1) is 12.3 Å². The van der Waals surface area contributed by atoms with Crippen molar-refractivity contribution in [1.82, 2.24) is 4.57 Å². The number of ether oxygens (including phenoxy) is 2. The largest absolute Gasteiger partial charge is 0.459 e. The number of nitrogen functional groups attached to an aromatic ring is 1. The lowest BCUT2D eigenvalue weighted by molar-refractivity contribution is 0.0309. The summed E-state index contributed by atoms with van der Waals surface area (Å²) in [6.07, 6.45) is 2.63. The number of nitrogens with zero attached hydrogens (tertiary/aromatic N) is 1. The maximum absolute atomic E-state index is 11.6. The third-order valence-corrected chi connectivity index (χ3v) is 2.04. The van der Waals surface area contributed by atoms with Gasteiger partial charge in [0.1, 0.15) is 12.3 Å². The van der Waals surface area contributed by atoms with Crippen molar-refractivity contribution in [2.45, 2.75) is 13.3 Å². The quantitative estimate of drug-likeness (QED) is 0.584. The Balaban J connectivity index is 2.33. The van der Waals surface area contributed by atoms with Gasteiger partial charge in [0, 0.05) is 19.9 Å². The molecule has 1 aromatic heterocycles. The molecule has 0 atom stereocenters. The molecule has 0 unspecified atom stereocenters. The molecular weight excluding hydrogens is 208 g/mol. The predicted octanol–water partition coefficient (Wildman–Crippen LogP) is 1.19. The fourth-order valence-corrected chi connectivity index (χ4v) is 1.31. The van der Waals surface area contributed by atoms with Crippen molar-refractivity contribution in [1.29, 1.82) is 0 Å². The zero-order valence-electron chi connectivity index (χ0n) is 9.73. The lowest BCUT2D eigenvalue weighted by Gasteiger charge is -2.05. The van der Waals surface area contributed by atoms with E-state index in [9.17, 15) is 4.79 Å². The van der Waals surface area contributed by atoms with Crippen molar-refractivity contribution < 1.29 is 14.3 Å². The summed E-state index contributed by atoms with van der Waals surface area (Å²) < 4.78 is 11.9. The SMILES string of the molecule is CCCOCCOC(=O)c1cc(N)cn1C. The number of aryl methyl sites for hydroxylation is 1. The first-order chi connectivity index (χ1) is 7.65. The second-order valence-corrected chi connectivity index (χ2v) is 3.52. The smallest absolute Gasteiger partial charge is 0.355 e. The van der Waals surface area contributed by atoms with E-state index in [4.69, 9.17) is 15.2 Å². The van der Waals surface area contributed by atoms with Crippen LogP contribution in [0, 0.1) is 0 Å². The molecule has 5 heteroatoms. The van der Waals surface area contributed by atoms with Crippen LogP contribution >= 0.6 is 0 Å². The maximum Gasteiger partial charge on any atom is 0.355 e. The monoisotopic (exact) mass is 226 g/mol. The van der Waals surface area contributed by atoms with Crippen molar-refractivity contribution in [3.8, 4) is 0 Å². The van der Waals surface area contributed by atoms with Gasteiger partial charge in [-0.25, -0.2) is 4.79 Å². The van der Waals surface area contributed by atoms with Crippen LogP contribution < -0.4 is 5.73 Å². The molecule has 0 radical (unpaired) electrons. The summed E-state index contributed by atoms with van der Waals surface area (Å²) in [5.74, 6) is -0.376. The van der Waals surface area contributed by atoms with E-state index in [1.165, 1.54) is 0 Å². The van der Waals surface area contributed by atoms with Gasteiger partial charge < -0.3 is 19.8 Å². The van der Waals surface area contributed by atoms with Crippen LogP contribution in [0.25, 0.3) is 0 Å². The van der Waals surface area contributed by atoms with Crippen molar-refractivity contribution in [3.05, 3.63) is 18.0 Å². The first-order valence-electron chi connectivity index (χ1n) is 5.32. The summed E-state index contributed by atoms with van der Waals surface area (Å²) >= 11 is 0. The second kappa shape index (κ2) is 6.17. The van der Waals surface area contributed by atoms with Gasteiger partial charge in [0.25, 0.3) is 0 Å². The second-order valence-electron chi connectivity index (χ2n) is 3.52. The van der Waals surface area contributed by atoms with E-state index in [1.54, 1.807) is 23.9 Å². The summed E-state index contributed by atoms with van der Waals surface area (Å²) in [7, 11) is 1.75. The number of aromatic nitrogens is 1. The van der Waals surface area contributed by atoms with Gasteiger partial charge in [-0.3, -0.25) is 0 Å². The molecule has 0 bridgehead atoms. The standard InChI is InChI=1S/C11H18N2O3/c1-3-4-15-5-6-16-11(14)10-7-9(12)8-13(10)2/h7-8H,3-6,12H2,1-2H3. The summed E-state index contributed by atoms with van der Waals surface area (Å²) in [6.45, 7) is 3.41. The third kappa shape index (κ3) is 3.58. The number of carbonyl (C=O) groups is 1. The predicted molar refractivity (Wildman–Crippen MR) is 61.2 cm³/mol. The van der Waals surface area contributed by atoms with Crippen LogP contribution in [0.3, 0.4) is 0 Å². The van der Waals surface area contributed by atoms with Crippen LogP contribution in [-0.2, 0) is 16.5 Å². The molecule has 5 nitrogen and oxygen atoms in total. The zero-order valence-corrected chi connectivity index (χ0v) is 9.73. The van der Waals surface area contributed by atoms with Crippen molar-refractivity contribution >= 4 is 11.7 Å². The molecule has 0 aliphatic heterocycles. The van der Waals surface area contributed by atoms with Crippen molar-refractivity contribution in [2.75, 3.05) is 25.6 Å². The highest BCUT2D eigenvalue weighted by atomic mass is 16.6. The van der Waals surface area contributed by atoms with Crippen LogP contribution in [0.5, 0.6) is 0 Å². The minimum atomic E-state index is -0.376. The minimum Gasteiger partial charge on any atom is -0.459 e. The van der Waals surface area contributed by atoms with Gasteiger partial charge in [-0.05, 0) is 12.5 Å². The minimum absolute atomic E-state index is 0.268. The summed E-state index contributed by atoms with van der Waals surface area (Å²) in [5.41, 5.74) is 6.56. The first kappa shape index (κ1) is 12.6. The number of rotatable bonds is 6. The van der Waals surface area contributed by atoms with Gasteiger partial charge in [-0.2, -0.15) is 0 Å². The van der Waals surface area contributed by atoms with E-state index in [-0.39, 0.29) is 12.6 Å². The van der Waals surface area contributed by atoms with Gasteiger partial charge in [-0.15, -0.1) is 0 Å². The van der Waals surface area contributed by atoms with Crippen LogP contribution in [0.2, 0.25) is 0 Å². The zero-order chi connectivity index (χ0) is 12.0. The van der Waals surface area contributed by atoms with Crippen molar-refractivity contribution in [3.63, 3.8) is 0 Å². The molecule has 1 aromatic rings. The molecule has 0 saturated carbocycles. The fraction of sp³-hybridized carbons (Fsp3) is 0.545. The summed E-state index contributed by atoms with van der Waals surface area (Å²) in [4.78, 5) is 11.6. The molecule has 90 valence electrons. The average Bonchev–Trinajstić information content (AvgIpc) is 2.57. The molecule has 2 N–H and O–H groups in total. The Morgan fingerprint density at radius 1 is 1.44 bits per heavy atom. The number of hydrogen-bond donors (Lipinski definition) is 1. The molecule has 0 saturated heterocycles. The molecule has 1 heterocycles. The topological polar surface area (TPSA) is 66.5 Å². The normalized spacial score (nSPS) is 10.4. The Morgan fingerprint density at radius 2 is 2.19 bits per heavy atom. The van der Waals surface area contributed by atoms with Gasteiger partial charge in [0.15, 0.2) is 0 Å². The Labute approximate surface area is 95.1 Å². The van der Waals surface area contributed by atoms with E-state index >= 15 is 0 Å². The fourth-order valence-electron chi connectivity index (χ4n) is 1.31. The molecule has 0 amide bonds. The molecule has 0 aromatic carbocycles. The molecule has 1 rings (SSSR count). The average molecular weight is 226 g/mol. The van der Waals surface area contributed by atoms with E-state index in [1.807, 2.05) is 6.92 Å². The van der Waals surface area contributed by atoms with Crippen LogP contribution in [0.15, 0.2) is 12.3 Å². The summed E-state index contributed by atoms with van der Waals surface area (Å²) in [5, 5.41) is 0. The lowest BCUT2D eigenvalue weighted by atomic mass is 10.4. The number of hydrogen-bond acceptors (Lipinski definition) is 4. The van der Waals surface area contributed by atoms with Gasteiger partial charge >= 0.3 is 5.97 Å². The Morgan fingerprint density at radius 3 is 2.75 bits per heavy atom. The molecule has 16 heavy (non-hydrogen) atoms. The summed E-state index contributed by atoms with van der Waals surface area (Å²) in [6, 6.07) is 1.59. The number of carbonyl (C=O) groups excluding carboxylic acids is 1. The van der Waals surface area contributed by atoms with Crippen LogP contribution in [0.4, 0.5) is 5.69 Å². The highest BCUT2D eigenvalue weighted by molar-refractivity contribution is 5.89.